The van der Waals surface area contributed by atoms with Crippen LogP contribution in [0.5, 0.6) is 0 Å². The van der Waals surface area contributed by atoms with Gasteiger partial charge in [-0.15, -0.1) is 0 Å². The van der Waals surface area contributed by atoms with Crippen molar-refractivity contribution in [2.24, 2.45) is 0 Å². The molecule has 2 rings (SSSR count). The summed E-state index contributed by atoms with van der Waals surface area (Å²) in [6, 6.07) is 0. The standard InChI is InChI=1S/C9H10O2/c10-8-2-1-6-3-9(11)5-7(6)4-8/h1,4,9,11H,2-3,5H2. The maximum atomic E-state index is 10.9. The van der Waals surface area contributed by atoms with Gasteiger partial charge in [0.05, 0.1) is 6.10 Å². The first-order valence-electron chi connectivity index (χ1n) is 3.86. The van der Waals surface area contributed by atoms with Crippen LogP contribution in [0.1, 0.15) is 19.3 Å². The van der Waals surface area contributed by atoms with E-state index >= 15 is 0 Å². The second-order valence-electron chi connectivity index (χ2n) is 3.13. The van der Waals surface area contributed by atoms with Crippen LogP contribution in [0.2, 0.25) is 0 Å². The zero-order valence-electron chi connectivity index (χ0n) is 6.21. The Balaban J connectivity index is 2.31. The molecule has 0 spiro atoms. The molecule has 2 nitrogen and oxygen atoms in total. The summed E-state index contributed by atoms with van der Waals surface area (Å²) in [5, 5.41) is 9.25. The first-order chi connectivity index (χ1) is 5.25. The number of aliphatic hydroxyl groups is 1. The molecule has 1 unspecified atom stereocenters. The summed E-state index contributed by atoms with van der Waals surface area (Å²) >= 11 is 0. The fraction of sp³-hybridized carbons (Fsp3) is 0.444. The summed E-state index contributed by atoms with van der Waals surface area (Å²) in [7, 11) is 0. The lowest BCUT2D eigenvalue weighted by molar-refractivity contribution is -0.114. The van der Waals surface area contributed by atoms with Crippen LogP contribution in [0.3, 0.4) is 0 Å². The minimum atomic E-state index is -0.251. The van der Waals surface area contributed by atoms with E-state index in [2.05, 4.69) is 0 Å². The van der Waals surface area contributed by atoms with Gasteiger partial charge in [0.2, 0.25) is 0 Å². The van der Waals surface area contributed by atoms with E-state index in [-0.39, 0.29) is 11.9 Å². The summed E-state index contributed by atoms with van der Waals surface area (Å²) < 4.78 is 0. The molecule has 0 radical (unpaired) electrons. The first kappa shape index (κ1) is 6.80. The van der Waals surface area contributed by atoms with Gasteiger partial charge in [0.25, 0.3) is 0 Å². The maximum Gasteiger partial charge on any atom is 0.159 e. The van der Waals surface area contributed by atoms with Crippen LogP contribution in [-0.4, -0.2) is 17.0 Å². The van der Waals surface area contributed by atoms with Crippen LogP contribution in [0.4, 0.5) is 0 Å². The Hall–Kier alpha value is -0.890. The second-order valence-corrected chi connectivity index (χ2v) is 3.13. The van der Waals surface area contributed by atoms with Crippen LogP contribution < -0.4 is 0 Å². The van der Waals surface area contributed by atoms with Gasteiger partial charge in [-0.25, -0.2) is 0 Å². The average Bonchev–Trinajstić information content (AvgIpc) is 2.27. The lowest BCUT2D eigenvalue weighted by Gasteiger charge is -2.04. The molecule has 1 fully saturated rings. The highest BCUT2D eigenvalue weighted by molar-refractivity contribution is 5.94. The van der Waals surface area contributed by atoms with E-state index < -0.39 is 0 Å². The summed E-state index contributed by atoms with van der Waals surface area (Å²) in [6.45, 7) is 0. The maximum absolute atomic E-state index is 10.9. The van der Waals surface area contributed by atoms with Crippen molar-refractivity contribution >= 4 is 5.78 Å². The van der Waals surface area contributed by atoms with Crippen LogP contribution in [0.25, 0.3) is 0 Å². The van der Waals surface area contributed by atoms with Crippen LogP contribution in [0, 0.1) is 0 Å². The minimum Gasteiger partial charge on any atom is -0.392 e. The molecule has 0 aromatic rings. The van der Waals surface area contributed by atoms with Crippen molar-refractivity contribution in [3.05, 3.63) is 23.3 Å². The zero-order valence-corrected chi connectivity index (χ0v) is 6.21. The van der Waals surface area contributed by atoms with Crippen molar-refractivity contribution in [1.29, 1.82) is 0 Å². The predicted molar refractivity (Wildman–Crippen MR) is 41.0 cm³/mol. The normalized spacial score (nSPS) is 29.5. The molecule has 0 aliphatic heterocycles. The number of rotatable bonds is 0. The molecule has 1 atom stereocenters. The fourth-order valence-electron chi connectivity index (χ4n) is 1.69. The second kappa shape index (κ2) is 2.31. The van der Waals surface area contributed by atoms with Crippen molar-refractivity contribution in [1.82, 2.24) is 0 Å². The van der Waals surface area contributed by atoms with E-state index in [9.17, 15) is 9.90 Å². The van der Waals surface area contributed by atoms with Gasteiger partial charge in [0, 0.05) is 6.42 Å². The van der Waals surface area contributed by atoms with E-state index in [0.717, 1.165) is 12.0 Å². The van der Waals surface area contributed by atoms with Crippen molar-refractivity contribution < 1.29 is 9.90 Å². The Kier molecular flexibility index (Phi) is 1.43. The summed E-state index contributed by atoms with van der Waals surface area (Å²) in [5.41, 5.74) is 2.23. The number of allylic oxidation sites excluding steroid dienone is 2. The molecule has 0 amide bonds. The monoisotopic (exact) mass is 150 g/mol. The van der Waals surface area contributed by atoms with Crippen LogP contribution in [0.15, 0.2) is 23.3 Å². The van der Waals surface area contributed by atoms with Gasteiger partial charge in [-0.3, -0.25) is 4.79 Å². The third kappa shape index (κ3) is 1.14. The summed E-state index contributed by atoms with van der Waals surface area (Å²) in [6.07, 6.45) is 5.28. The molecule has 0 aromatic heterocycles. The van der Waals surface area contributed by atoms with Crippen LogP contribution >= 0.6 is 0 Å². The third-order valence-corrected chi connectivity index (χ3v) is 2.21. The Bertz CT molecular complexity index is 261. The molecular formula is C9H10O2. The Morgan fingerprint density at radius 2 is 2.09 bits per heavy atom. The Labute approximate surface area is 65.2 Å². The highest BCUT2D eigenvalue weighted by Gasteiger charge is 2.24. The topological polar surface area (TPSA) is 37.3 Å². The van der Waals surface area contributed by atoms with E-state index in [1.807, 2.05) is 6.08 Å². The number of carbonyl (C=O) groups excluding carboxylic acids is 1. The molecule has 2 aliphatic carbocycles. The number of fused-ring (bicyclic) bond motifs is 1. The average molecular weight is 150 g/mol. The quantitative estimate of drug-likeness (QED) is 0.558. The van der Waals surface area contributed by atoms with E-state index in [1.54, 1.807) is 6.08 Å². The molecule has 1 saturated carbocycles. The Morgan fingerprint density at radius 3 is 2.91 bits per heavy atom. The van der Waals surface area contributed by atoms with Crippen LogP contribution in [-0.2, 0) is 4.79 Å². The van der Waals surface area contributed by atoms with E-state index in [0.29, 0.717) is 12.8 Å². The fourth-order valence-corrected chi connectivity index (χ4v) is 1.69. The number of ketones is 1. The molecule has 0 aromatic carbocycles. The Morgan fingerprint density at radius 1 is 1.36 bits per heavy atom. The third-order valence-electron chi connectivity index (χ3n) is 2.21. The lowest BCUT2D eigenvalue weighted by atomic mass is 10.0. The molecular weight excluding hydrogens is 140 g/mol. The summed E-state index contributed by atoms with van der Waals surface area (Å²) in [4.78, 5) is 10.9. The molecule has 11 heavy (non-hydrogen) atoms. The zero-order chi connectivity index (χ0) is 7.84. The van der Waals surface area contributed by atoms with Gasteiger partial charge in [0.1, 0.15) is 0 Å². The SMILES string of the molecule is O=C1C=C2CC(O)CC2=CC1. The molecule has 0 saturated heterocycles. The first-order valence-corrected chi connectivity index (χ1v) is 3.86. The van der Waals surface area contributed by atoms with Crippen molar-refractivity contribution in [2.45, 2.75) is 25.4 Å². The van der Waals surface area contributed by atoms with Gasteiger partial charge in [0.15, 0.2) is 5.78 Å². The lowest BCUT2D eigenvalue weighted by Crippen LogP contribution is -1.98. The molecule has 1 N–H and O–H groups in total. The van der Waals surface area contributed by atoms with Crippen molar-refractivity contribution in [3.63, 3.8) is 0 Å². The molecule has 0 heterocycles. The predicted octanol–water partition coefficient (Wildman–Crippen LogP) is 0.967. The van der Waals surface area contributed by atoms with E-state index in [4.69, 9.17) is 0 Å². The van der Waals surface area contributed by atoms with Crippen molar-refractivity contribution in [2.75, 3.05) is 0 Å². The van der Waals surface area contributed by atoms with Gasteiger partial charge in [-0.05, 0) is 30.1 Å². The van der Waals surface area contributed by atoms with Gasteiger partial charge >= 0.3 is 0 Å². The number of carbonyl (C=O) groups is 1. The molecule has 2 aliphatic rings. The largest absolute Gasteiger partial charge is 0.392 e. The summed E-state index contributed by atoms with van der Waals surface area (Å²) in [5.74, 6) is 0.165. The highest BCUT2D eigenvalue weighted by Crippen LogP contribution is 2.33. The van der Waals surface area contributed by atoms with E-state index in [1.165, 1.54) is 5.57 Å². The van der Waals surface area contributed by atoms with Gasteiger partial charge in [-0.2, -0.15) is 0 Å². The number of hydrogen-bond donors (Lipinski definition) is 1. The minimum absolute atomic E-state index is 0.165. The van der Waals surface area contributed by atoms with Gasteiger partial charge < -0.3 is 5.11 Å². The molecule has 58 valence electrons. The number of aliphatic hydroxyl groups excluding tert-OH is 1. The van der Waals surface area contributed by atoms with Crippen molar-refractivity contribution in [3.8, 4) is 0 Å². The number of hydrogen-bond acceptors (Lipinski definition) is 2. The highest BCUT2D eigenvalue weighted by atomic mass is 16.3. The molecule has 2 heteroatoms. The smallest absolute Gasteiger partial charge is 0.159 e. The molecule has 0 bridgehead atoms. The van der Waals surface area contributed by atoms with Gasteiger partial charge in [-0.1, -0.05) is 6.08 Å².